The van der Waals surface area contributed by atoms with E-state index in [1.165, 1.54) is 17.7 Å². The van der Waals surface area contributed by atoms with Crippen LogP contribution in [0, 0.1) is 12.8 Å². The fourth-order valence-electron chi connectivity index (χ4n) is 2.95. The highest BCUT2D eigenvalue weighted by Crippen LogP contribution is 2.36. The van der Waals surface area contributed by atoms with Crippen molar-refractivity contribution in [1.29, 1.82) is 0 Å². The van der Waals surface area contributed by atoms with Gasteiger partial charge in [-0.25, -0.2) is 19.3 Å². The van der Waals surface area contributed by atoms with Gasteiger partial charge < -0.3 is 15.7 Å². The maximum Gasteiger partial charge on any atom is 0.231 e. The van der Waals surface area contributed by atoms with Crippen LogP contribution in [0.25, 0.3) is 11.4 Å². The van der Waals surface area contributed by atoms with Gasteiger partial charge in [-0.05, 0) is 31.4 Å². The summed E-state index contributed by atoms with van der Waals surface area (Å²) in [7, 11) is 0. The first kappa shape index (κ1) is 20.3. The second-order valence-corrected chi connectivity index (χ2v) is 7.99. The van der Waals surface area contributed by atoms with Gasteiger partial charge in [0.05, 0.1) is 40.8 Å². The summed E-state index contributed by atoms with van der Waals surface area (Å²) >= 11 is 1.40. The van der Waals surface area contributed by atoms with Gasteiger partial charge >= 0.3 is 0 Å². The number of aliphatic hydroxyl groups is 1. The van der Waals surface area contributed by atoms with Crippen molar-refractivity contribution in [1.82, 2.24) is 19.9 Å². The molecule has 3 atom stereocenters. The van der Waals surface area contributed by atoms with E-state index in [4.69, 9.17) is 0 Å². The number of anilines is 3. The Kier molecular flexibility index (Phi) is 5.69. The van der Waals surface area contributed by atoms with Crippen LogP contribution in [0.4, 0.5) is 20.9 Å². The number of amides is 1. The third-order valence-electron chi connectivity index (χ3n) is 4.89. The summed E-state index contributed by atoms with van der Waals surface area (Å²) in [5.74, 6) is -0.664. The Morgan fingerprint density at radius 3 is 2.83 bits per heavy atom. The summed E-state index contributed by atoms with van der Waals surface area (Å²) in [6.07, 6.45) is 2.21. The van der Waals surface area contributed by atoms with Gasteiger partial charge in [-0.2, -0.15) is 0 Å². The number of aliphatic hydroxyl groups excluding tert-OH is 1. The van der Waals surface area contributed by atoms with Gasteiger partial charge in [0.25, 0.3) is 0 Å². The number of carbonyl (C=O) groups is 1. The molecule has 0 radical (unpaired) electrons. The number of hydrogen-bond donors (Lipinski definition) is 3. The third-order valence-corrected chi connectivity index (χ3v) is 5.63. The van der Waals surface area contributed by atoms with E-state index in [1.54, 1.807) is 17.8 Å². The Balaban J connectivity index is 1.54. The lowest BCUT2D eigenvalue weighted by Crippen LogP contribution is -2.16. The smallest absolute Gasteiger partial charge is 0.231 e. The zero-order chi connectivity index (χ0) is 21.3. The highest BCUT2D eigenvalue weighted by atomic mass is 32.1. The normalized spacial score (nSPS) is 18.7. The molecule has 0 unspecified atom stereocenters. The number of halogens is 1. The standard InChI is InChI=1S/C20H21FN6O2S/c1-3-16(28)13-4-10(2)15(7-22-13)26-20-18(25-9-30-20)14-6-17(24-8-23-14)27-19(29)11-5-12(11)21/h4,6-9,11-12,16,26,28H,3,5H2,1-2H3,(H,23,24,27,29)/t11-,12+,16+/m0/s1. The summed E-state index contributed by atoms with van der Waals surface area (Å²) < 4.78 is 13.1. The number of pyridine rings is 1. The summed E-state index contributed by atoms with van der Waals surface area (Å²) in [5, 5.41) is 16.7. The van der Waals surface area contributed by atoms with Crippen molar-refractivity contribution < 1.29 is 14.3 Å². The topological polar surface area (TPSA) is 113 Å². The van der Waals surface area contributed by atoms with Gasteiger partial charge in [-0.15, -0.1) is 11.3 Å². The number of nitrogens with zero attached hydrogens (tertiary/aromatic N) is 4. The SMILES string of the molecule is CC[C@@H](O)c1cc(C)c(Nc2scnc2-c2cc(NC(=O)[C@H]3C[C@H]3F)ncn2)cn1. The van der Waals surface area contributed by atoms with Gasteiger partial charge in [-0.3, -0.25) is 9.78 Å². The molecule has 0 spiro atoms. The molecular weight excluding hydrogens is 407 g/mol. The molecule has 3 aromatic rings. The molecule has 10 heteroatoms. The summed E-state index contributed by atoms with van der Waals surface area (Å²) in [5.41, 5.74) is 5.18. The van der Waals surface area contributed by atoms with Crippen LogP contribution in [-0.4, -0.2) is 37.1 Å². The van der Waals surface area contributed by atoms with Crippen molar-refractivity contribution in [3.63, 3.8) is 0 Å². The Morgan fingerprint density at radius 2 is 2.13 bits per heavy atom. The monoisotopic (exact) mass is 428 g/mol. The quantitative estimate of drug-likeness (QED) is 0.525. The lowest BCUT2D eigenvalue weighted by atomic mass is 10.1. The Hall–Kier alpha value is -2.98. The Bertz CT molecular complexity index is 1070. The van der Waals surface area contributed by atoms with Crippen molar-refractivity contribution in [2.75, 3.05) is 10.6 Å². The Morgan fingerprint density at radius 1 is 1.33 bits per heavy atom. The van der Waals surface area contributed by atoms with E-state index in [-0.39, 0.29) is 12.3 Å². The Labute approximate surface area is 176 Å². The zero-order valence-corrected chi connectivity index (χ0v) is 17.3. The highest BCUT2D eigenvalue weighted by molar-refractivity contribution is 7.14. The van der Waals surface area contributed by atoms with Crippen LogP contribution in [0.3, 0.4) is 0 Å². The number of aryl methyl sites for hydroxylation is 1. The van der Waals surface area contributed by atoms with Crippen LogP contribution in [0.1, 0.15) is 37.1 Å². The first-order chi connectivity index (χ1) is 14.5. The molecule has 3 N–H and O–H groups in total. The van der Waals surface area contributed by atoms with Crippen LogP contribution >= 0.6 is 11.3 Å². The number of aromatic nitrogens is 4. The number of carbonyl (C=O) groups excluding carboxylic acids is 1. The third kappa shape index (κ3) is 4.29. The summed E-state index contributed by atoms with van der Waals surface area (Å²) in [6.45, 7) is 3.83. The van der Waals surface area contributed by atoms with Crippen molar-refractivity contribution in [3.05, 3.63) is 41.4 Å². The molecule has 4 rings (SSSR count). The molecule has 3 aromatic heterocycles. The average molecular weight is 428 g/mol. The predicted molar refractivity (Wildman–Crippen MR) is 112 cm³/mol. The van der Waals surface area contributed by atoms with E-state index in [0.717, 1.165) is 16.3 Å². The van der Waals surface area contributed by atoms with Crippen molar-refractivity contribution in [2.45, 2.75) is 39.0 Å². The molecule has 0 bridgehead atoms. The van der Waals surface area contributed by atoms with Gasteiger partial charge in [0.1, 0.15) is 29.0 Å². The van der Waals surface area contributed by atoms with Gasteiger partial charge in [0, 0.05) is 6.07 Å². The summed E-state index contributed by atoms with van der Waals surface area (Å²) in [6, 6.07) is 3.46. The molecule has 1 saturated carbocycles. The molecule has 1 amide bonds. The minimum atomic E-state index is -1.07. The van der Waals surface area contributed by atoms with E-state index in [0.29, 0.717) is 29.3 Å². The van der Waals surface area contributed by atoms with Crippen LogP contribution < -0.4 is 10.6 Å². The molecule has 30 heavy (non-hydrogen) atoms. The van der Waals surface area contributed by atoms with E-state index in [9.17, 15) is 14.3 Å². The van der Waals surface area contributed by atoms with E-state index in [2.05, 4.69) is 30.6 Å². The highest BCUT2D eigenvalue weighted by Gasteiger charge is 2.43. The molecular formula is C20H21FN6O2S. The molecule has 3 heterocycles. The van der Waals surface area contributed by atoms with Crippen LogP contribution in [-0.2, 0) is 4.79 Å². The first-order valence-corrected chi connectivity index (χ1v) is 10.5. The largest absolute Gasteiger partial charge is 0.387 e. The number of alkyl halides is 1. The number of hydrogen-bond acceptors (Lipinski definition) is 8. The minimum Gasteiger partial charge on any atom is -0.387 e. The number of thiazole rings is 1. The number of rotatable bonds is 7. The van der Waals surface area contributed by atoms with Crippen LogP contribution in [0.2, 0.25) is 0 Å². The fourth-order valence-corrected chi connectivity index (χ4v) is 3.65. The number of nitrogens with one attached hydrogen (secondary N) is 2. The van der Waals surface area contributed by atoms with Gasteiger partial charge in [0.15, 0.2) is 0 Å². The van der Waals surface area contributed by atoms with Crippen molar-refractivity contribution in [3.8, 4) is 11.4 Å². The molecule has 1 aliphatic rings. The van der Waals surface area contributed by atoms with Gasteiger partial charge in [-0.1, -0.05) is 6.92 Å². The molecule has 0 aliphatic heterocycles. The summed E-state index contributed by atoms with van der Waals surface area (Å²) in [4.78, 5) is 29.0. The minimum absolute atomic E-state index is 0.255. The zero-order valence-electron chi connectivity index (χ0n) is 16.5. The maximum absolute atomic E-state index is 13.1. The first-order valence-electron chi connectivity index (χ1n) is 9.58. The second kappa shape index (κ2) is 8.41. The fraction of sp³-hybridized carbons (Fsp3) is 0.350. The molecule has 0 saturated heterocycles. The van der Waals surface area contributed by atoms with Crippen LogP contribution in [0.5, 0.6) is 0 Å². The molecule has 1 fully saturated rings. The van der Waals surface area contributed by atoms with Crippen LogP contribution in [0.15, 0.2) is 30.2 Å². The molecule has 156 valence electrons. The van der Waals surface area contributed by atoms with E-state index < -0.39 is 18.2 Å². The lowest BCUT2D eigenvalue weighted by Gasteiger charge is -2.12. The van der Waals surface area contributed by atoms with Crippen molar-refractivity contribution in [2.24, 2.45) is 5.92 Å². The molecule has 0 aromatic carbocycles. The molecule has 8 nitrogen and oxygen atoms in total. The molecule has 1 aliphatic carbocycles. The lowest BCUT2D eigenvalue weighted by molar-refractivity contribution is -0.117. The van der Waals surface area contributed by atoms with Gasteiger partial charge in [0.2, 0.25) is 5.91 Å². The van der Waals surface area contributed by atoms with E-state index in [1.807, 2.05) is 19.9 Å². The van der Waals surface area contributed by atoms with E-state index >= 15 is 0 Å². The predicted octanol–water partition coefficient (Wildman–Crippen LogP) is 3.79. The maximum atomic E-state index is 13.1. The second-order valence-electron chi connectivity index (χ2n) is 7.14. The average Bonchev–Trinajstić information content (AvgIpc) is 3.30. The van der Waals surface area contributed by atoms with Crippen molar-refractivity contribution >= 4 is 33.8 Å².